The molecule has 4 fully saturated rings. The van der Waals surface area contributed by atoms with Gasteiger partial charge in [-0.2, -0.15) is 0 Å². The van der Waals surface area contributed by atoms with E-state index >= 15 is 0 Å². The third-order valence-corrected chi connectivity index (χ3v) is 9.27. The molecule has 1 heterocycles. The molecule has 3 amide bonds. The second kappa shape index (κ2) is 9.65. The smallest absolute Gasteiger partial charge is 0.317 e. The van der Waals surface area contributed by atoms with Crippen molar-refractivity contribution in [2.45, 2.75) is 76.3 Å². The average molecular weight is 492 g/mol. The molecule has 0 spiro atoms. The minimum Gasteiger partial charge on any atom is -0.350 e. The van der Waals surface area contributed by atoms with Crippen molar-refractivity contribution in [3.8, 4) is 0 Å². The van der Waals surface area contributed by atoms with E-state index in [2.05, 4.69) is 10.6 Å². The van der Waals surface area contributed by atoms with Gasteiger partial charge in [0.05, 0.1) is 0 Å². The quantitative estimate of drug-likeness (QED) is 0.548. The first kappa shape index (κ1) is 23.3. The number of halogens is 2. The summed E-state index contributed by atoms with van der Waals surface area (Å²) >= 11 is 12.2. The van der Waals surface area contributed by atoms with Gasteiger partial charge in [-0.15, -0.1) is 0 Å². The van der Waals surface area contributed by atoms with E-state index in [9.17, 15) is 9.59 Å². The van der Waals surface area contributed by atoms with Gasteiger partial charge in [0.1, 0.15) is 0 Å². The van der Waals surface area contributed by atoms with Crippen molar-refractivity contribution < 1.29 is 9.59 Å². The molecule has 180 valence electrons. The zero-order valence-corrected chi connectivity index (χ0v) is 20.8. The number of fused-ring (bicyclic) bond motifs is 2. The lowest BCUT2D eigenvalue weighted by atomic mass is 9.79. The van der Waals surface area contributed by atoms with Crippen molar-refractivity contribution >= 4 is 35.1 Å². The van der Waals surface area contributed by atoms with E-state index in [1.807, 2.05) is 11.0 Å². The van der Waals surface area contributed by atoms with Crippen LogP contribution in [0.5, 0.6) is 0 Å². The summed E-state index contributed by atoms with van der Waals surface area (Å²) in [6.45, 7) is 1.73. The summed E-state index contributed by atoms with van der Waals surface area (Å²) < 4.78 is 0. The van der Waals surface area contributed by atoms with Crippen LogP contribution in [0.3, 0.4) is 0 Å². The van der Waals surface area contributed by atoms with E-state index < -0.39 is 0 Å². The molecule has 5 atom stereocenters. The number of likely N-dealkylation sites (tertiary alicyclic amines) is 1. The zero-order chi connectivity index (χ0) is 23.0. The fourth-order valence-electron chi connectivity index (χ4n) is 7.28. The third-order valence-electron chi connectivity index (χ3n) is 8.69. The number of piperidine rings is 1. The molecule has 3 saturated carbocycles. The Balaban J connectivity index is 1.13. The van der Waals surface area contributed by atoms with Gasteiger partial charge in [-0.05, 0) is 86.3 Å². The highest BCUT2D eigenvalue weighted by atomic mass is 35.5. The Morgan fingerprint density at radius 3 is 2.79 bits per heavy atom. The number of urea groups is 1. The van der Waals surface area contributed by atoms with Gasteiger partial charge in [0, 0.05) is 41.6 Å². The Hall–Kier alpha value is -1.46. The van der Waals surface area contributed by atoms with E-state index in [0.29, 0.717) is 35.5 Å². The summed E-state index contributed by atoms with van der Waals surface area (Å²) in [7, 11) is 0. The van der Waals surface area contributed by atoms with Gasteiger partial charge in [0.15, 0.2) is 0 Å². The van der Waals surface area contributed by atoms with Crippen LogP contribution in [0.1, 0.15) is 69.8 Å². The molecule has 1 aromatic carbocycles. The van der Waals surface area contributed by atoms with Gasteiger partial charge >= 0.3 is 6.03 Å². The highest BCUT2D eigenvalue weighted by Crippen LogP contribution is 2.55. The molecule has 4 aliphatic rings. The van der Waals surface area contributed by atoms with Gasteiger partial charge in [0.2, 0.25) is 5.91 Å². The Bertz CT molecular complexity index is 910. The van der Waals surface area contributed by atoms with E-state index in [1.54, 1.807) is 12.1 Å². The number of amides is 3. The predicted octanol–water partition coefficient (Wildman–Crippen LogP) is 5.78. The summed E-state index contributed by atoms with van der Waals surface area (Å²) in [5, 5.41) is 7.66. The summed E-state index contributed by atoms with van der Waals surface area (Å²) in [6, 6.07) is 5.20. The SMILES string of the molecule is O=C(CC1CCCN(C(=O)NCc2ccc(Cl)cc2Cl)C1)NC12CCCC3CC(CC1C3)C2. The number of nitrogens with zero attached hydrogens (tertiary/aromatic N) is 1. The molecular formula is C26H35Cl2N3O2. The van der Waals surface area contributed by atoms with Crippen molar-refractivity contribution in [2.24, 2.45) is 23.7 Å². The number of carbonyl (C=O) groups excluding carboxylic acids is 2. The van der Waals surface area contributed by atoms with Crippen LogP contribution in [0.4, 0.5) is 4.79 Å². The highest BCUT2D eigenvalue weighted by Gasteiger charge is 2.52. The summed E-state index contributed by atoms with van der Waals surface area (Å²) in [5.41, 5.74) is 0.894. The molecule has 3 aliphatic carbocycles. The molecule has 0 radical (unpaired) electrons. The van der Waals surface area contributed by atoms with Crippen LogP contribution in [0.25, 0.3) is 0 Å². The van der Waals surface area contributed by atoms with Gasteiger partial charge in [0.25, 0.3) is 0 Å². The second-order valence-electron chi connectivity index (χ2n) is 11.0. The maximum atomic E-state index is 13.1. The standard InChI is InChI=1S/C26H35Cl2N3O2/c27-22-6-5-20(23(28)13-22)15-29-25(33)31-8-2-4-18(16-31)12-24(32)30-26-7-1-3-17-9-19(14-26)11-21(26)10-17/h5-6,13,17-19,21H,1-4,7-12,14-16H2,(H,29,33)(H,30,32). The number of benzene rings is 1. The van der Waals surface area contributed by atoms with Crippen LogP contribution in [0, 0.1) is 23.7 Å². The van der Waals surface area contributed by atoms with Crippen LogP contribution >= 0.6 is 23.2 Å². The largest absolute Gasteiger partial charge is 0.350 e. The fraction of sp³-hybridized carbons (Fsp3) is 0.692. The second-order valence-corrected chi connectivity index (χ2v) is 11.8. The predicted molar refractivity (Wildman–Crippen MR) is 131 cm³/mol. The molecule has 1 aliphatic heterocycles. The molecule has 5 unspecified atom stereocenters. The highest BCUT2D eigenvalue weighted by molar-refractivity contribution is 6.35. The Morgan fingerprint density at radius 2 is 1.94 bits per heavy atom. The van der Waals surface area contributed by atoms with Crippen LogP contribution in [0.15, 0.2) is 18.2 Å². The van der Waals surface area contributed by atoms with Crippen LogP contribution in [-0.2, 0) is 11.3 Å². The van der Waals surface area contributed by atoms with E-state index in [1.165, 1.54) is 38.5 Å². The first-order valence-electron chi connectivity index (χ1n) is 12.7. The lowest BCUT2D eigenvalue weighted by Crippen LogP contribution is -2.52. The van der Waals surface area contributed by atoms with E-state index in [0.717, 1.165) is 43.2 Å². The van der Waals surface area contributed by atoms with E-state index in [4.69, 9.17) is 23.2 Å². The Labute approximate surface area is 206 Å². The normalized spacial score (nSPS) is 33.0. The number of hydrogen-bond donors (Lipinski definition) is 2. The maximum absolute atomic E-state index is 13.1. The van der Waals surface area contributed by atoms with Crippen molar-refractivity contribution in [3.63, 3.8) is 0 Å². The molecule has 5 nitrogen and oxygen atoms in total. The van der Waals surface area contributed by atoms with Crippen LogP contribution in [-0.4, -0.2) is 35.5 Å². The Morgan fingerprint density at radius 1 is 1.09 bits per heavy atom. The van der Waals surface area contributed by atoms with Gasteiger partial charge in [-0.3, -0.25) is 4.79 Å². The van der Waals surface area contributed by atoms with Gasteiger partial charge in [-0.1, -0.05) is 42.1 Å². The third kappa shape index (κ3) is 5.14. The van der Waals surface area contributed by atoms with Crippen LogP contribution in [0.2, 0.25) is 10.0 Å². The monoisotopic (exact) mass is 491 g/mol. The molecule has 7 heteroatoms. The van der Waals surface area contributed by atoms with Crippen molar-refractivity contribution in [2.75, 3.05) is 13.1 Å². The maximum Gasteiger partial charge on any atom is 0.317 e. The number of rotatable bonds is 5. The molecular weight excluding hydrogens is 457 g/mol. The number of carbonyl (C=O) groups is 2. The molecule has 33 heavy (non-hydrogen) atoms. The van der Waals surface area contributed by atoms with Gasteiger partial charge < -0.3 is 15.5 Å². The fourth-order valence-corrected chi connectivity index (χ4v) is 7.76. The van der Waals surface area contributed by atoms with Crippen molar-refractivity contribution in [1.29, 1.82) is 0 Å². The first-order valence-corrected chi connectivity index (χ1v) is 13.4. The minimum absolute atomic E-state index is 0.0522. The van der Waals surface area contributed by atoms with Crippen molar-refractivity contribution in [1.82, 2.24) is 15.5 Å². The lowest BCUT2D eigenvalue weighted by Gasteiger charge is -2.37. The number of hydrogen-bond acceptors (Lipinski definition) is 2. The topological polar surface area (TPSA) is 61.4 Å². The average Bonchev–Trinajstić information content (AvgIpc) is 2.94. The molecule has 3 bridgehead atoms. The molecule has 5 rings (SSSR count). The van der Waals surface area contributed by atoms with E-state index in [-0.39, 0.29) is 23.4 Å². The van der Waals surface area contributed by atoms with Gasteiger partial charge in [-0.25, -0.2) is 4.79 Å². The summed E-state index contributed by atoms with van der Waals surface area (Å²) in [5.74, 6) is 2.81. The molecule has 0 aromatic heterocycles. The van der Waals surface area contributed by atoms with Crippen LogP contribution < -0.4 is 10.6 Å². The minimum atomic E-state index is -0.0934. The first-order chi connectivity index (χ1) is 15.9. The summed E-state index contributed by atoms with van der Waals surface area (Å²) in [4.78, 5) is 27.8. The zero-order valence-electron chi connectivity index (χ0n) is 19.3. The molecule has 1 aromatic rings. The summed E-state index contributed by atoms with van der Waals surface area (Å²) in [6.07, 6.45) is 11.4. The molecule has 2 N–H and O–H groups in total. The number of nitrogens with one attached hydrogen (secondary N) is 2. The van der Waals surface area contributed by atoms with Crippen molar-refractivity contribution in [3.05, 3.63) is 33.8 Å². The lowest BCUT2D eigenvalue weighted by molar-refractivity contribution is -0.125. The molecule has 1 saturated heterocycles. The Kier molecular flexibility index (Phi) is 6.81.